The molecule has 0 amide bonds. The quantitative estimate of drug-likeness (QED) is 0.711. The van der Waals surface area contributed by atoms with Crippen LogP contribution in [0, 0.1) is 6.07 Å². The Morgan fingerprint density at radius 3 is 2.82 bits per heavy atom. The van der Waals surface area contributed by atoms with Gasteiger partial charge in [0, 0.05) is 5.02 Å². The predicted molar refractivity (Wildman–Crippen MR) is 44.3 cm³/mol. The molecule has 0 saturated heterocycles. The minimum Gasteiger partial charge on any atom is -0.232 e. The topological polar surface area (TPSA) is 34.1 Å². The van der Waals surface area contributed by atoms with Gasteiger partial charge in [0.2, 0.25) is 0 Å². The van der Waals surface area contributed by atoms with Crippen molar-refractivity contribution in [3.63, 3.8) is 0 Å². The number of hydrogen-bond acceptors (Lipinski definition) is 2. The van der Waals surface area contributed by atoms with Crippen molar-refractivity contribution in [2.75, 3.05) is 0 Å². The lowest BCUT2D eigenvalue weighted by molar-refractivity contribution is 0.614. The summed E-state index contributed by atoms with van der Waals surface area (Å²) < 4.78 is 20.6. The monoisotopic (exact) mass is 189 g/mol. The highest BCUT2D eigenvalue weighted by Crippen LogP contribution is 2.14. The molecule has 0 bridgehead atoms. The molecular weight excluding hydrogens is 184 g/mol. The van der Waals surface area contributed by atoms with E-state index < -0.39 is 10.7 Å². The Hall–Kier alpha value is -0.540. The number of benzene rings is 1. The van der Waals surface area contributed by atoms with Crippen molar-refractivity contribution < 1.29 is 8.42 Å². The van der Waals surface area contributed by atoms with Crippen LogP contribution in [-0.4, -0.2) is 8.42 Å². The van der Waals surface area contributed by atoms with Gasteiger partial charge in [-0.05, 0) is 17.7 Å². The van der Waals surface area contributed by atoms with E-state index in [-0.39, 0.29) is 5.75 Å². The summed E-state index contributed by atoms with van der Waals surface area (Å²) in [7, 11) is -2.39. The average Bonchev–Trinajstić information content (AvgIpc) is 1.93. The van der Waals surface area contributed by atoms with Crippen molar-refractivity contribution in [2.45, 2.75) is 5.75 Å². The molecule has 0 aliphatic heterocycles. The maximum atomic E-state index is 10.3. The molecule has 0 unspecified atom stereocenters. The molecule has 0 N–H and O–H groups in total. The predicted octanol–water partition coefficient (Wildman–Crippen LogP) is 1.25. The first-order valence-corrected chi connectivity index (χ1v) is 4.70. The highest BCUT2D eigenvalue weighted by Gasteiger charge is 1.98. The van der Waals surface area contributed by atoms with E-state index in [9.17, 15) is 8.42 Å². The maximum absolute atomic E-state index is 10.3. The van der Waals surface area contributed by atoms with Gasteiger partial charge in [-0.1, -0.05) is 23.7 Å². The molecule has 59 valence electrons. The molecule has 1 rings (SSSR count). The molecule has 0 aliphatic rings. The summed E-state index contributed by atoms with van der Waals surface area (Å²) >= 11 is 5.67. The van der Waals surface area contributed by atoms with Gasteiger partial charge >= 0.3 is 0 Å². The van der Waals surface area contributed by atoms with E-state index in [2.05, 4.69) is 6.07 Å². The van der Waals surface area contributed by atoms with Gasteiger partial charge in [0.05, 0.1) is 5.75 Å². The van der Waals surface area contributed by atoms with E-state index in [0.29, 0.717) is 10.6 Å². The minimum absolute atomic E-state index is 0.00282. The van der Waals surface area contributed by atoms with Gasteiger partial charge in [-0.2, -0.15) is 0 Å². The Morgan fingerprint density at radius 1 is 1.55 bits per heavy atom. The molecule has 0 aromatic heterocycles. The number of hydrogen-bond donors (Lipinski definition) is 1. The molecule has 0 heterocycles. The van der Waals surface area contributed by atoms with Gasteiger partial charge in [-0.15, -0.1) is 0 Å². The van der Waals surface area contributed by atoms with Gasteiger partial charge in [0.25, 0.3) is 0 Å². The second-order valence-electron chi connectivity index (χ2n) is 2.01. The lowest BCUT2D eigenvalue weighted by Crippen LogP contribution is -1.86. The summed E-state index contributed by atoms with van der Waals surface area (Å²) in [5.41, 5.74) is 0.626. The average molecular weight is 190 g/mol. The lowest BCUT2D eigenvalue weighted by atomic mass is 10.2. The van der Waals surface area contributed by atoms with Crippen LogP contribution in [0.15, 0.2) is 18.2 Å². The first-order chi connectivity index (χ1) is 5.20. The Balaban J connectivity index is 2.94. The van der Waals surface area contributed by atoms with Crippen LogP contribution in [0.3, 0.4) is 0 Å². The fourth-order valence-corrected chi connectivity index (χ4v) is 1.55. The zero-order valence-electron chi connectivity index (χ0n) is 5.58. The summed E-state index contributed by atoms with van der Waals surface area (Å²) in [5.74, 6) is 0.00282. The van der Waals surface area contributed by atoms with Crippen molar-refractivity contribution in [1.82, 2.24) is 0 Å². The standard InChI is InChI=1S/C7H6ClO2S/c8-7-4-2-1-3-6(7)5-11(9)10/h1,3-4,11H,5H2. The zero-order valence-corrected chi connectivity index (χ0v) is 7.23. The SMILES string of the molecule is O=[SH](=O)Cc1cc[c]cc1Cl. The summed E-state index contributed by atoms with van der Waals surface area (Å²) in [6.45, 7) is 0. The van der Waals surface area contributed by atoms with E-state index in [1.807, 2.05) is 0 Å². The van der Waals surface area contributed by atoms with Crippen molar-refractivity contribution in [1.29, 1.82) is 0 Å². The molecule has 1 aromatic carbocycles. The van der Waals surface area contributed by atoms with Gasteiger partial charge in [-0.25, -0.2) is 8.42 Å². The minimum atomic E-state index is -2.39. The fraction of sp³-hybridized carbons (Fsp3) is 0.143. The van der Waals surface area contributed by atoms with Crippen LogP contribution in [-0.2, 0) is 16.5 Å². The van der Waals surface area contributed by atoms with Crippen molar-refractivity contribution >= 4 is 22.3 Å². The Kier molecular flexibility index (Phi) is 2.91. The molecule has 1 radical (unpaired) electrons. The summed E-state index contributed by atoms with van der Waals surface area (Å²) in [6.07, 6.45) is 0. The van der Waals surface area contributed by atoms with Crippen LogP contribution in [0.1, 0.15) is 5.56 Å². The van der Waals surface area contributed by atoms with Gasteiger partial charge < -0.3 is 0 Å². The second kappa shape index (κ2) is 3.74. The first kappa shape index (κ1) is 8.56. The number of rotatable bonds is 2. The first-order valence-electron chi connectivity index (χ1n) is 2.96. The van der Waals surface area contributed by atoms with Crippen LogP contribution < -0.4 is 0 Å². The number of halogens is 1. The Labute approximate surface area is 71.8 Å². The third-order valence-corrected chi connectivity index (χ3v) is 2.15. The largest absolute Gasteiger partial charge is 0.232 e. The molecule has 1 aromatic rings. The molecule has 0 saturated carbocycles. The van der Waals surface area contributed by atoms with E-state index in [0.717, 1.165) is 0 Å². The Bertz CT molecular complexity index is 312. The molecule has 0 aliphatic carbocycles. The molecule has 4 heteroatoms. The van der Waals surface area contributed by atoms with E-state index in [1.54, 1.807) is 18.2 Å². The maximum Gasteiger partial charge on any atom is 0.144 e. The van der Waals surface area contributed by atoms with Crippen LogP contribution in [0.25, 0.3) is 0 Å². The molecule has 0 atom stereocenters. The fourth-order valence-electron chi connectivity index (χ4n) is 0.710. The third-order valence-electron chi connectivity index (χ3n) is 1.20. The smallest absolute Gasteiger partial charge is 0.144 e. The lowest BCUT2D eigenvalue weighted by Gasteiger charge is -1.95. The van der Waals surface area contributed by atoms with Gasteiger partial charge in [-0.3, -0.25) is 0 Å². The summed E-state index contributed by atoms with van der Waals surface area (Å²) in [5, 5.41) is 0.451. The highest BCUT2D eigenvalue weighted by atomic mass is 35.5. The molecule has 2 nitrogen and oxygen atoms in total. The van der Waals surface area contributed by atoms with E-state index >= 15 is 0 Å². The van der Waals surface area contributed by atoms with E-state index in [4.69, 9.17) is 11.6 Å². The van der Waals surface area contributed by atoms with Crippen LogP contribution in [0.4, 0.5) is 0 Å². The van der Waals surface area contributed by atoms with Crippen molar-refractivity contribution in [2.24, 2.45) is 0 Å². The normalized spacial score (nSPS) is 10.4. The summed E-state index contributed by atoms with van der Waals surface area (Å²) in [4.78, 5) is 0. The van der Waals surface area contributed by atoms with E-state index in [1.165, 1.54) is 0 Å². The van der Waals surface area contributed by atoms with Gasteiger partial charge in [0.15, 0.2) is 0 Å². The van der Waals surface area contributed by atoms with Crippen LogP contribution in [0.2, 0.25) is 5.02 Å². The third kappa shape index (κ3) is 2.52. The number of thiol groups is 1. The van der Waals surface area contributed by atoms with Crippen molar-refractivity contribution in [3.8, 4) is 0 Å². The molecule has 0 spiro atoms. The van der Waals surface area contributed by atoms with Gasteiger partial charge in [0.1, 0.15) is 10.7 Å². The second-order valence-corrected chi connectivity index (χ2v) is 3.40. The highest BCUT2D eigenvalue weighted by molar-refractivity contribution is 7.71. The van der Waals surface area contributed by atoms with Crippen LogP contribution in [0.5, 0.6) is 0 Å². The summed E-state index contributed by atoms with van der Waals surface area (Å²) in [6, 6.07) is 7.58. The molecular formula is C7H6ClO2S. The molecule has 11 heavy (non-hydrogen) atoms. The molecule has 0 fully saturated rings. The van der Waals surface area contributed by atoms with Crippen molar-refractivity contribution in [3.05, 3.63) is 34.9 Å². The Morgan fingerprint density at radius 2 is 2.27 bits per heavy atom. The van der Waals surface area contributed by atoms with Crippen LogP contribution >= 0.6 is 11.6 Å². The zero-order chi connectivity index (χ0) is 8.27.